The fourth-order valence-corrected chi connectivity index (χ4v) is 12.5. The first-order valence-electron chi connectivity index (χ1n) is 8.27. The van der Waals surface area contributed by atoms with Crippen molar-refractivity contribution in [1.82, 2.24) is 0 Å². The third-order valence-corrected chi connectivity index (χ3v) is 13.0. The number of aliphatic carboxylic acids is 1. The summed E-state index contributed by atoms with van der Waals surface area (Å²) in [4.78, 5) is 21.6. The zero-order chi connectivity index (χ0) is 20.2. The van der Waals surface area contributed by atoms with Gasteiger partial charge in [0.25, 0.3) is 0 Å². The molecular formula is C15H29N5O3SSi2. The molecule has 146 valence electrons. The molecule has 0 aromatic carbocycles. The van der Waals surface area contributed by atoms with Crippen LogP contribution < -0.4 is 0 Å². The van der Waals surface area contributed by atoms with Gasteiger partial charge in [0, 0.05) is 29.5 Å². The van der Waals surface area contributed by atoms with E-state index in [0.29, 0.717) is 11.6 Å². The van der Waals surface area contributed by atoms with Crippen molar-refractivity contribution in [3.8, 4) is 0 Å². The van der Waals surface area contributed by atoms with Crippen molar-refractivity contribution in [1.29, 1.82) is 0 Å². The minimum atomic E-state index is -1.95. The van der Waals surface area contributed by atoms with Crippen molar-refractivity contribution in [2.24, 2.45) is 15.1 Å². The average Bonchev–Trinajstić information content (AvgIpc) is 2.51. The predicted octanol–water partition coefficient (Wildman–Crippen LogP) is 4.82. The van der Waals surface area contributed by atoms with Crippen LogP contribution in [0.15, 0.2) is 26.9 Å². The summed E-state index contributed by atoms with van der Waals surface area (Å²) < 4.78 is 6.46. The fraction of sp³-hybridized carbons (Fsp3) is 0.667. The van der Waals surface area contributed by atoms with E-state index in [0.717, 1.165) is 17.0 Å². The van der Waals surface area contributed by atoms with Crippen LogP contribution in [0.25, 0.3) is 10.4 Å². The number of hydrogen-bond acceptors (Lipinski definition) is 5. The number of aliphatic imine (C=N–C) groups is 2. The van der Waals surface area contributed by atoms with Gasteiger partial charge in [0.2, 0.25) is 0 Å². The zero-order valence-electron chi connectivity index (χ0n) is 16.2. The molecule has 0 fully saturated rings. The molecule has 0 aliphatic heterocycles. The van der Waals surface area contributed by atoms with Crippen molar-refractivity contribution in [3.05, 3.63) is 22.2 Å². The first-order chi connectivity index (χ1) is 12.0. The van der Waals surface area contributed by atoms with E-state index in [4.69, 9.17) is 14.8 Å². The van der Waals surface area contributed by atoms with Crippen LogP contribution in [0, 0.1) is 0 Å². The molecule has 0 bridgehead atoms. The normalized spacial score (nSPS) is 13.3. The van der Waals surface area contributed by atoms with Crippen LogP contribution in [0.3, 0.4) is 0 Å². The maximum absolute atomic E-state index is 10.7. The Morgan fingerprint density at radius 3 is 2.54 bits per heavy atom. The third-order valence-electron chi connectivity index (χ3n) is 3.18. The number of carbonyl (C=O) groups is 1. The highest BCUT2D eigenvalue weighted by Crippen LogP contribution is 2.24. The second-order valence-electron chi connectivity index (χ2n) is 7.09. The second-order valence-corrected chi connectivity index (χ2v) is 17.3. The van der Waals surface area contributed by atoms with Crippen LogP contribution in [0.2, 0.25) is 32.2 Å². The van der Waals surface area contributed by atoms with Gasteiger partial charge in [-0.25, -0.2) is 9.98 Å². The first kappa shape index (κ1) is 24.6. The van der Waals surface area contributed by atoms with Gasteiger partial charge in [-0.1, -0.05) is 16.9 Å². The van der Waals surface area contributed by atoms with E-state index < -0.39 is 22.6 Å². The first-order valence-corrected chi connectivity index (χ1v) is 15.5. The van der Waals surface area contributed by atoms with Crippen LogP contribution in [-0.2, 0) is 8.91 Å². The molecule has 0 aliphatic rings. The summed E-state index contributed by atoms with van der Waals surface area (Å²) in [6.45, 7) is 14.2. The quantitative estimate of drug-likeness (QED) is 0.130. The number of carboxylic acids is 1. The van der Waals surface area contributed by atoms with Crippen LogP contribution in [0.4, 0.5) is 0 Å². The summed E-state index contributed by atoms with van der Waals surface area (Å²) in [7, 11) is -3.85. The molecular weight excluding hydrogens is 386 g/mol. The van der Waals surface area contributed by atoms with E-state index >= 15 is 0 Å². The molecule has 11 heteroatoms. The summed E-state index contributed by atoms with van der Waals surface area (Å²) >= 11 is 1.50. The van der Waals surface area contributed by atoms with Crippen LogP contribution in [-0.4, -0.2) is 51.5 Å². The SMILES string of the molecule is C=NC(=N/C=C(\C)CN=[N+]=[N-])SC[Si](C)(C)O[Si](C)(C)CCCC(=O)O. The van der Waals surface area contributed by atoms with Crippen molar-refractivity contribution >= 4 is 46.3 Å². The number of carboxylic acid groups (broad SMARTS) is 1. The predicted molar refractivity (Wildman–Crippen MR) is 115 cm³/mol. The van der Waals surface area contributed by atoms with Gasteiger partial charge in [-0.2, -0.15) is 0 Å². The third kappa shape index (κ3) is 12.9. The lowest BCUT2D eigenvalue weighted by Crippen LogP contribution is -2.46. The molecule has 0 unspecified atom stereocenters. The zero-order valence-corrected chi connectivity index (χ0v) is 19.0. The Labute approximate surface area is 161 Å². The molecule has 0 saturated carbocycles. The molecule has 0 atom stereocenters. The topological polar surface area (TPSA) is 120 Å². The molecule has 8 nitrogen and oxygen atoms in total. The van der Waals surface area contributed by atoms with E-state index in [1.807, 2.05) is 6.92 Å². The standard InChI is InChI=1S/C15H29N5O3SSi2/c1-13(11-19-20-16)10-18-15(17-2)24-12-26(5,6)23-25(3,4)9-7-8-14(21)22/h10H,2,7-9,11-12H2,1,3-6H3,(H,21,22)/b13-10+,18-15?. The monoisotopic (exact) mass is 415 g/mol. The van der Waals surface area contributed by atoms with Crippen LogP contribution in [0.5, 0.6) is 0 Å². The number of amidine groups is 1. The molecule has 26 heavy (non-hydrogen) atoms. The van der Waals surface area contributed by atoms with Crippen molar-refractivity contribution in [2.75, 3.05) is 11.9 Å². The lowest BCUT2D eigenvalue weighted by atomic mass is 10.3. The summed E-state index contributed by atoms with van der Waals surface area (Å²) in [5, 5.41) is 13.6. The highest BCUT2D eigenvalue weighted by molar-refractivity contribution is 8.15. The molecule has 0 rings (SSSR count). The fourth-order valence-electron chi connectivity index (χ4n) is 2.21. The Balaban J connectivity index is 4.69. The number of thioether (sulfide) groups is 1. The Morgan fingerprint density at radius 2 is 2.00 bits per heavy atom. The Kier molecular flexibility index (Phi) is 11.4. The molecule has 0 radical (unpaired) electrons. The molecule has 0 saturated heterocycles. The number of rotatable bonds is 11. The van der Waals surface area contributed by atoms with Crippen molar-refractivity contribution in [2.45, 2.75) is 52.0 Å². The Bertz CT molecular complexity index is 602. The summed E-state index contributed by atoms with van der Waals surface area (Å²) in [5.74, 6) is -0.761. The van der Waals surface area contributed by atoms with Gasteiger partial charge >= 0.3 is 5.97 Å². The molecule has 0 amide bonds. The van der Waals surface area contributed by atoms with Crippen molar-refractivity contribution in [3.63, 3.8) is 0 Å². The summed E-state index contributed by atoms with van der Waals surface area (Å²) in [5.41, 5.74) is 9.15. The molecule has 0 spiro atoms. The summed E-state index contributed by atoms with van der Waals surface area (Å²) in [6, 6.07) is 0.836. The van der Waals surface area contributed by atoms with Gasteiger partial charge in [0.15, 0.2) is 21.8 Å². The van der Waals surface area contributed by atoms with Gasteiger partial charge in [-0.15, -0.1) is 0 Å². The number of azide groups is 1. The van der Waals surface area contributed by atoms with E-state index in [9.17, 15) is 4.79 Å². The van der Waals surface area contributed by atoms with E-state index in [2.05, 4.69) is 52.9 Å². The second kappa shape index (κ2) is 12.1. The highest BCUT2D eigenvalue weighted by Gasteiger charge is 2.33. The molecule has 1 N–H and O–H groups in total. The molecule has 0 aromatic rings. The van der Waals surface area contributed by atoms with Gasteiger partial charge in [0.1, 0.15) is 0 Å². The lowest BCUT2D eigenvalue weighted by Gasteiger charge is -2.33. The van der Waals surface area contributed by atoms with Crippen molar-refractivity contribution < 1.29 is 14.0 Å². The maximum atomic E-state index is 10.7. The molecule has 0 aliphatic carbocycles. The maximum Gasteiger partial charge on any atom is 0.303 e. The largest absolute Gasteiger partial charge is 0.481 e. The summed E-state index contributed by atoms with van der Waals surface area (Å²) in [6.07, 6.45) is 2.48. The highest BCUT2D eigenvalue weighted by atomic mass is 32.2. The molecule has 0 heterocycles. The van der Waals surface area contributed by atoms with E-state index in [1.165, 1.54) is 11.8 Å². The van der Waals surface area contributed by atoms with E-state index in [1.54, 1.807) is 6.20 Å². The van der Waals surface area contributed by atoms with Gasteiger partial charge in [0.05, 0.1) is 0 Å². The Morgan fingerprint density at radius 1 is 1.35 bits per heavy atom. The van der Waals surface area contributed by atoms with Crippen LogP contribution >= 0.6 is 11.8 Å². The smallest absolute Gasteiger partial charge is 0.303 e. The number of nitrogens with zero attached hydrogens (tertiary/aromatic N) is 5. The minimum absolute atomic E-state index is 0.190. The number of hydrogen-bond donors (Lipinski definition) is 1. The van der Waals surface area contributed by atoms with Crippen LogP contribution in [0.1, 0.15) is 19.8 Å². The lowest BCUT2D eigenvalue weighted by molar-refractivity contribution is -0.137. The minimum Gasteiger partial charge on any atom is -0.481 e. The molecule has 0 aromatic heterocycles. The van der Waals surface area contributed by atoms with Gasteiger partial charge in [-0.3, -0.25) is 4.79 Å². The Hall–Kier alpha value is -1.40. The average molecular weight is 416 g/mol. The van der Waals surface area contributed by atoms with Gasteiger partial charge < -0.3 is 9.22 Å². The van der Waals surface area contributed by atoms with Gasteiger partial charge in [-0.05, 0) is 63.4 Å². The van der Waals surface area contributed by atoms with E-state index in [-0.39, 0.29) is 13.0 Å².